The Bertz CT molecular complexity index is 688. The van der Waals surface area contributed by atoms with E-state index in [9.17, 15) is 25.9 Å². The molecule has 3 atom stereocenters. The molecular formula is C15H31N3O8S2. The highest BCUT2D eigenvalue weighted by molar-refractivity contribution is 7.86. The molecule has 0 bridgehead atoms. The lowest BCUT2D eigenvalue weighted by Crippen LogP contribution is -2.57. The minimum atomic E-state index is -4.48. The maximum atomic E-state index is 12.1. The Morgan fingerprint density at radius 1 is 0.893 bits per heavy atom. The van der Waals surface area contributed by atoms with Gasteiger partial charge in [0.05, 0.1) is 25.1 Å². The average molecular weight is 446 g/mol. The monoisotopic (exact) mass is 445 g/mol. The summed E-state index contributed by atoms with van der Waals surface area (Å²) in [4.78, 5) is 5.40. The summed E-state index contributed by atoms with van der Waals surface area (Å²) in [5.41, 5.74) is 0. The van der Waals surface area contributed by atoms with E-state index >= 15 is 0 Å². The van der Waals surface area contributed by atoms with Crippen LogP contribution in [-0.4, -0.2) is 128 Å². The van der Waals surface area contributed by atoms with Crippen LogP contribution in [0.4, 0.5) is 0 Å². The molecule has 11 nitrogen and oxygen atoms in total. The van der Waals surface area contributed by atoms with Crippen LogP contribution in [0.1, 0.15) is 13.3 Å². The second kappa shape index (κ2) is 10.1. The van der Waals surface area contributed by atoms with Gasteiger partial charge in [-0.1, -0.05) is 0 Å². The van der Waals surface area contributed by atoms with E-state index in [2.05, 4.69) is 0 Å². The number of hydrogen-bond acceptors (Lipinski definition) is 9. The van der Waals surface area contributed by atoms with Gasteiger partial charge in [-0.25, -0.2) is 0 Å². The molecule has 0 aromatic rings. The van der Waals surface area contributed by atoms with Crippen molar-refractivity contribution in [2.24, 2.45) is 0 Å². The van der Waals surface area contributed by atoms with Gasteiger partial charge in [0.25, 0.3) is 20.2 Å². The minimum Gasteiger partial charge on any atom is -0.395 e. The summed E-state index contributed by atoms with van der Waals surface area (Å²) in [5, 5.41) is 6.54. The van der Waals surface area contributed by atoms with Gasteiger partial charge in [-0.05, 0) is 13.3 Å². The summed E-state index contributed by atoms with van der Waals surface area (Å²) in [6, 6.07) is -0.790. The number of morpholine rings is 1. The summed E-state index contributed by atoms with van der Waals surface area (Å²) in [6.07, 6.45) is -0.153. The van der Waals surface area contributed by atoms with Crippen molar-refractivity contribution >= 4 is 20.2 Å². The van der Waals surface area contributed by atoms with Crippen molar-refractivity contribution in [2.45, 2.75) is 30.0 Å². The molecule has 0 aromatic carbocycles. The molecule has 0 aliphatic carbocycles. The molecule has 2 saturated heterocycles. The number of hydrogen-bond donors (Lipinski definition) is 3. The van der Waals surface area contributed by atoms with Crippen LogP contribution in [0.2, 0.25) is 0 Å². The third kappa shape index (κ3) is 6.57. The Morgan fingerprint density at radius 2 is 1.46 bits per heavy atom. The summed E-state index contributed by atoms with van der Waals surface area (Å²) in [6.45, 7) is 5.20. The molecule has 2 aliphatic heterocycles. The Balaban J connectivity index is 2.21. The molecule has 0 amide bonds. The zero-order valence-corrected chi connectivity index (χ0v) is 17.7. The zero-order chi connectivity index (χ0) is 20.9. The Hall–Kier alpha value is -0.380. The SMILES string of the molecule is CC(C(CC(N1CCN(CCO)CC1)S(=O)(=O)O)N1CCOCC1)S(=O)(=O)O. The van der Waals surface area contributed by atoms with E-state index in [0.717, 1.165) is 0 Å². The van der Waals surface area contributed by atoms with Crippen molar-refractivity contribution in [3.05, 3.63) is 0 Å². The first-order valence-electron chi connectivity index (χ1n) is 9.35. The second-order valence-electron chi connectivity index (χ2n) is 7.24. The van der Waals surface area contributed by atoms with Gasteiger partial charge in [-0.3, -0.25) is 23.8 Å². The summed E-state index contributed by atoms with van der Waals surface area (Å²) >= 11 is 0. The molecule has 166 valence electrons. The molecule has 3 N–H and O–H groups in total. The number of piperazine rings is 1. The van der Waals surface area contributed by atoms with Crippen LogP contribution in [0.15, 0.2) is 0 Å². The molecule has 0 saturated carbocycles. The second-order valence-corrected chi connectivity index (χ2v) is 10.6. The molecule has 0 spiro atoms. The molecule has 0 aromatic heterocycles. The van der Waals surface area contributed by atoms with Crippen LogP contribution >= 0.6 is 0 Å². The fourth-order valence-electron chi connectivity index (χ4n) is 3.83. The fraction of sp³-hybridized carbons (Fsp3) is 1.00. The lowest BCUT2D eigenvalue weighted by molar-refractivity contribution is 0.00818. The molecule has 0 radical (unpaired) electrons. The van der Waals surface area contributed by atoms with Gasteiger partial charge in [0.15, 0.2) is 0 Å². The highest BCUT2D eigenvalue weighted by atomic mass is 32.2. The minimum absolute atomic E-state index is 0.00665. The van der Waals surface area contributed by atoms with Crippen molar-refractivity contribution in [3.8, 4) is 0 Å². The van der Waals surface area contributed by atoms with E-state index in [1.54, 1.807) is 9.80 Å². The van der Waals surface area contributed by atoms with Crippen molar-refractivity contribution in [3.63, 3.8) is 0 Å². The number of ether oxygens (including phenoxy) is 1. The van der Waals surface area contributed by atoms with Crippen LogP contribution in [-0.2, 0) is 25.0 Å². The van der Waals surface area contributed by atoms with Gasteiger partial charge < -0.3 is 9.84 Å². The van der Waals surface area contributed by atoms with Crippen LogP contribution in [0, 0.1) is 0 Å². The summed E-state index contributed by atoms with van der Waals surface area (Å²) in [7, 11) is -8.89. The van der Waals surface area contributed by atoms with Crippen molar-refractivity contribution in [1.82, 2.24) is 14.7 Å². The first kappa shape index (κ1) is 23.9. The first-order valence-corrected chi connectivity index (χ1v) is 12.4. The predicted molar refractivity (Wildman–Crippen MR) is 102 cm³/mol. The Labute approximate surface area is 166 Å². The highest BCUT2D eigenvalue weighted by Crippen LogP contribution is 2.24. The topological polar surface area (TPSA) is 148 Å². The first-order chi connectivity index (χ1) is 13.0. The van der Waals surface area contributed by atoms with Gasteiger partial charge in [-0.15, -0.1) is 0 Å². The van der Waals surface area contributed by atoms with E-state index < -0.39 is 36.9 Å². The summed E-state index contributed by atoms with van der Waals surface area (Å²) in [5.74, 6) is 0. The standard InChI is InChI=1S/C15H31N3O8S2/c1-13(27(20,21)22)14(17-7-10-26-11-8-17)12-15(28(23,24)25)18-4-2-16(3-5-18)6-9-19/h13-15,19H,2-12H2,1H3,(H,20,21,22)(H,23,24,25). The fourth-order valence-corrected chi connectivity index (χ4v) is 5.54. The molecular weight excluding hydrogens is 414 g/mol. The number of nitrogens with zero attached hydrogens (tertiary/aromatic N) is 3. The van der Waals surface area contributed by atoms with Crippen molar-refractivity contribution in [2.75, 3.05) is 65.6 Å². The number of rotatable bonds is 9. The average Bonchev–Trinajstić information content (AvgIpc) is 2.62. The van der Waals surface area contributed by atoms with Gasteiger partial charge in [0.1, 0.15) is 5.37 Å². The lowest BCUT2D eigenvalue weighted by atomic mass is 10.1. The Morgan fingerprint density at radius 3 is 1.93 bits per heavy atom. The number of aliphatic hydroxyl groups excluding tert-OH is 1. The van der Waals surface area contributed by atoms with Crippen LogP contribution in [0.25, 0.3) is 0 Å². The van der Waals surface area contributed by atoms with Gasteiger partial charge >= 0.3 is 0 Å². The third-order valence-electron chi connectivity index (χ3n) is 5.54. The molecule has 2 fully saturated rings. The smallest absolute Gasteiger partial charge is 0.281 e. The lowest BCUT2D eigenvalue weighted by Gasteiger charge is -2.42. The number of aliphatic hydroxyl groups is 1. The van der Waals surface area contributed by atoms with Crippen LogP contribution in [0.3, 0.4) is 0 Å². The summed E-state index contributed by atoms with van der Waals surface area (Å²) < 4.78 is 72.5. The molecule has 13 heteroatoms. The molecule has 2 heterocycles. The normalized spacial score (nSPS) is 24.7. The van der Waals surface area contributed by atoms with E-state index in [-0.39, 0.29) is 13.0 Å². The van der Waals surface area contributed by atoms with Gasteiger partial charge in [0.2, 0.25) is 0 Å². The number of β-amino-alcohol motifs (C(OH)–C–C–N with tert-alkyl or cyclic N) is 1. The zero-order valence-electron chi connectivity index (χ0n) is 16.1. The van der Waals surface area contributed by atoms with Gasteiger partial charge in [0, 0.05) is 51.9 Å². The van der Waals surface area contributed by atoms with E-state index in [0.29, 0.717) is 59.0 Å². The van der Waals surface area contributed by atoms with E-state index in [1.807, 2.05) is 4.90 Å². The molecule has 3 unspecified atom stereocenters. The Kier molecular flexibility index (Phi) is 8.61. The molecule has 28 heavy (non-hydrogen) atoms. The maximum absolute atomic E-state index is 12.1. The maximum Gasteiger partial charge on any atom is 0.281 e. The molecule has 2 rings (SSSR count). The molecule has 2 aliphatic rings. The van der Waals surface area contributed by atoms with Crippen LogP contribution in [0.5, 0.6) is 0 Å². The third-order valence-corrected chi connectivity index (χ3v) is 7.98. The van der Waals surface area contributed by atoms with E-state index in [1.165, 1.54) is 6.92 Å². The van der Waals surface area contributed by atoms with Crippen LogP contribution < -0.4 is 0 Å². The highest BCUT2D eigenvalue weighted by Gasteiger charge is 2.41. The van der Waals surface area contributed by atoms with Crippen molar-refractivity contribution in [1.29, 1.82) is 0 Å². The van der Waals surface area contributed by atoms with Crippen molar-refractivity contribution < 1.29 is 35.8 Å². The van der Waals surface area contributed by atoms with Gasteiger partial charge in [-0.2, -0.15) is 16.8 Å². The van der Waals surface area contributed by atoms with E-state index in [4.69, 9.17) is 9.84 Å². The predicted octanol–water partition coefficient (Wildman–Crippen LogP) is -1.82. The largest absolute Gasteiger partial charge is 0.395 e. The quantitative estimate of drug-likeness (QED) is 0.344.